The number of esters is 1. The number of anilines is 1. The molecular formula is C12H15BrN2O2. The van der Waals surface area contributed by atoms with Crippen LogP contribution in [0.1, 0.15) is 18.4 Å². The zero-order chi connectivity index (χ0) is 12.4. The molecule has 1 aromatic rings. The largest absolute Gasteiger partial charge is 0.467 e. The third-order valence-electron chi connectivity index (χ3n) is 3.02. The minimum absolute atomic E-state index is 0.174. The lowest BCUT2D eigenvalue weighted by molar-refractivity contribution is -0.141. The fourth-order valence-corrected chi connectivity index (χ4v) is 2.68. The van der Waals surface area contributed by atoms with E-state index in [2.05, 4.69) is 20.9 Å². The average molecular weight is 299 g/mol. The molecule has 1 saturated heterocycles. The van der Waals surface area contributed by atoms with Gasteiger partial charge in [-0.3, -0.25) is 0 Å². The molecule has 4 nitrogen and oxygen atoms in total. The number of halogens is 1. The second kappa shape index (κ2) is 5.04. The van der Waals surface area contributed by atoms with Crippen molar-refractivity contribution in [3.8, 4) is 0 Å². The number of carbonyl (C=O) groups excluding carboxylic acids is 1. The molecule has 1 unspecified atom stereocenters. The van der Waals surface area contributed by atoms with Gasteiger partial charge in [0.1, 0.15) is 11.9 Å². The highest BCUT2D eigenvalue weighted by atomic mass is 79.9. The molecule has 0 aromatic carbocycles. The van der Waals surface area contributed by atoms with Crippen LogP contribution in [0.4, 0.5) is 5.82 Å². The van der Waals surface area contributed by atoms with Gasteiger partial charge in [0.25, 0.3) is 0 Å². The molecule has 1 atom stereocenters. The number of aryl methyl sites for hydroxylation is 1. The number of pyridine rings is 1. The molecule has 2 heterocycles. The van der Waals surface area contributed by atoms with Gasteiger partial charge < -0.3 is 9.64 Å². The first-order valence-corrected chi connectivity index (χ1v) is 6.39. The zero-order valence-corrected chi connectivity index (χ0v) is 11.5. The summed E-state index contributed by atoms with van der Waals surface area (Å²) in [5.74, 6) is 0.702. The Morgan fingerprint density at radius 3 is 3.06 bits per heavy atom. The normalized spacial score (nSPS) is 19.5. The standard InChI is InChI=1S/C12H15BrN2O2/c1-8-6-9(13)7-14-11(8)15-5-3-4-10(15)12(16)17-2/h6-7,10H,3-5H2,1-2H3. The summed E-state index contributed by atoms with van der Waals surface area (Å²) in [6.07, 6.45) is 3.59. The molecule has 0 aliphatic carbocycles. The van der Waals surface area contributed by atoms with E-state index in [-0.39, 0.29) is 12.0 Å². The van der Waals surface area contributed by atoms with Crippen LogP contribution in [-0.2, 0) is 9.53 Å². The van der Waals surface area contributed by atoms with Gasteiger partial charge in [-0.25, -0.2) is 9.78 Å². The SMILES string of the molecule is COC(=O)C1CCCN1c1ncc(Br)cc1C. The van der Waals surface area contributed by atoms with Crippen LogP contribution in [0.3, 0.4) is 0 Å². The predicted octanol–water partition coefficient (Wildman–Crippen LogP) is 2.29. The van der Waals surface area contributed by atoms with Gasteiger partial charge in [0.2, 0.25) is 0 Å². The number of hydrogen-bond donors (Lipinski definition) is 0. The number of carbonyl (C=O) groups is 1. The highest BCUT2D eigenvalue weighted by Crippen LogP contribution is 2.28. The Hall–Kier alpha value is -1.10. The minimum Gasteiger partial charge on any atom is -0.467 e. The molecule has 2 rings (SSSR count). The third kappa shape index (κ3) is 2.44. The van der Waals surface area contributed by atoms with Crippen LogP contribution in [0, 0.1) is 6.92 Å². The molecule has 1 aromatic heterocycles. The summed E-state index contributed by atoms with van der Waals surface area (Å²) in [6.45, 7) is 2.86. The van der Waals surface area contributed by atoms with Crippen molar-refractivity contribution in [3.05, 3.63) is 22.3 Å². The van der Waals surface area contributed by atoms with E-state index in [9.17, 15) is 4.79 Å². The summed E-state index contributed by atoms with van der Waals surface area (Å²) in [5, 5.41) is 0. The molecule has 0 spiro atoms. The van der Waals surface area contributed by atoms with Gasteiger partial charge in [0, 0.05) is 17.2 Å². The minimum atomic E-state index is -0.188. The van der Waals surface area contributed by atoms with Crippen molar-refractivity contribution in [2.45, 2.75) is 25.8 Å². The molecular weight excluding hydrogens is 284 g/mol. The first-order valence-electron chi connectivity index (χ1n) is 5.60. The molecule has 92 valence electrons. The molecule has 1 fully saturated rings. The molecule has 17 heavy (non-hydrogen) atoms. The first kappa shape index (κ1) is 12.4. The second-order valence-electron chi connectivity index (χ2n) is 4.17. The first-order chi connectivity index (χ1) is 8.13. The maximum absolute atomic E-state index is 11.7. The van der Waals surface area contributed by atoms with Crippen LogP contribution in [-0.4, -0.2) is 30.6 Å². The van der Waals surface area contributed by atoms with Crippen molar-refractivity contribution < 1.29 is 9.53 Å². The van der Waals surface area contributed by atoms with E-state index in [1.807, 2.05) is 17.9 Å². The van der Waals surface area contributed by atoms with Crippen LogP contribution < -0.4 is 4.90 Å². The Morgan fingerprint density at radius 2 is 2.41 bits per heavy atom. The highest BCUT2D eigenvalue weighted by molar-refractivity contribution is 9.10. The van der Waals surface area contributed by atoms with Crippen LogP contribution >= 0.6 is 15.9 Å². The van der Waals surface area contributed by atoms with Gasteiger partial charge >= 0.3 is 5.97 Å². The molecule has 0 bridgehead atoms. The summed E-state index contributed by atoms with van der Waals surface area (Å²) in [5.41, 5.74) is 1.06. The van der Waals surface area contributed by atoms with E-state index in [1.165, 1.54) is 7.11 Å². The fraction of sp³-hybridized carbons (Fsp3) is 0.500. The summed E-state index contributed by atoms with van der Waals surface area (Å²) < 4.78 is 5.78. The number of nitrogens with zero attached hydrogens (tertiary/aromatic N) is 2. The van der Waals surface area contributed by atoms with Crippen molar-refractivity contribution in [2.75, 3.05) is 18.6 Å². The second-order valence-corrected chi connectivity index (χ2v) is 5.08. The summed E-state index contributed by atoms with van der Waals surface area (Å²) in [4.78, 5) is 18.1. The highest BCUT2D eigenvalue weighted by Gasteiger charge is 2.33. The number of aromatic nitrogens is 1. The van der Waals surface area contributed by atoms with Crippen molar-refractivity contribution in [3.63, 3.8) is 0 Å². The number of methoxy groups -OCH3 is 1. The lowest BCUT2D eigenvalue weighted by Crippen LogP contribution is -2.37. The van der Waals surface area contributed by atoms with E-state index in [0.29, 0.717) is 0 Å². The van der Waals surface area contributed by atoms with Crippen LogP contribution in [0.15, 0.2) is 16.7 Å². The zero-order valence-electron chi connectivity index (χ0n) is 9.94. The summed E-state index contributed by atoms with van der Waals surface area (Å²) in [7, 11) is 1.43. The maximum Gasteiger partial charge on any atom is 0.328 e. The number of ether oxygens (including phenoxy) is 1. The summed E-state index contributed by atoms with van der Waals surface area (Å²) in [6, 6.07) is 1.82. The van der Waals surface area contributed by atoms with Gasteiger partial charge in [-0.2, -0.15) is 0 Å². The molecule has 1 aliphatic rings. The lowest BCUT2D eigenvalue weighted by Gasteiger charge is -2.25. The van der Waals surface area contributed by atoms with E-state index in [4.69, 9.17) is 4.74 Å². The molecule has 1 aliphatic heterocycles. The van der Waals surface area contributed by atoms with Crippen molar-refractivity contribution in [2.24, 2.45) is 0 Å². The Kier molecular flexibility index (Phi) is 3.66. The van der Waals surface area contributed by atoms with Crippen molar-refractivity contribution in [1.82, 2.24) is 4.98 Å². The predicted molar refractivity (Wildman–Crippen MR) is 69.1 cm³/mol. The van der Waals surface area contributed by atoms with Crippen LogP contribution in [0.5, 0.6) is 0 Å². The lowest BCUT2D eigenvalue weighted by atomic mass is 10.2. The van der Waals surface area contributed by atoms with E-state index in [1.54, 1.807) is 6.20 Å². The maximum atomic E-state index is 11.7. The molecule has 0 N–H and O–H groups in total. The molecule has 5 heteroatoms. The number of rotatable bonds is 2. The Balaban J connectivity index is 2.29. The van der Waals surface area contributed by atoms with Crippen LogP contribution in [0.2, 0.25) is 0 Å². The summed E-state index contributed by atoms with van der Waals surface area (Å²) >= 11 is 3.39. The van der Waals surface area contributed by atoms with Gasteiger partial charge in [0.05, 0.1) is 7.11 Å². The smallest absolute Gasteiger partial charge is 0.328 e. The van der Waals surface area contributed by atoms with Crippen molar-refractivity contribution in [1.29, 1.82) is 0 Å². The van der Waals surface area contributed by atoms with Gasteiger partial charge in [-0.1, -0.05) is 0 Å². The van der Waals surface area contributed by atoms with E-state index in [0.717, 1.165) is 35.2 Å². The van der Waals surface area contributed by atoms with Gasteiger partial charge in [-0.15, -0.1) is 0 Å². The van der Waals surface area contributed by atoms with Crippen molar-refractivity contribution >= 4 is 27.7 Å². The Morgan fingerprint density at radius 1 is 1.65 bits per heavy atom. The monoisotopic (exact) mass is 298 g/mol. The number of hydrogen-bond acceptors (Lipinski definition) is 4. The fourth-order valence-electron chi connectivity index (χ4n) is 2.24. The Bertz CT molecular complexity index is 437. The topological polar surface area (TPSA) is 42.4 Å². The van der Waals surface area contributed by atoms with Gasteiger partial charge in [-0.05, 0) is 47.3 Å². The Labute approximate surface area is 109 Å². The average Bonchev–Trinajstić information content (AvgIpc) is 2.77. The van der Waals surface area contributed by atoms with Gasteiger partial charge in [0.15, 0.2) is 0 Å². The van der Waals surface area contributed by atoms with Crippen LogP contribution in [0.25, 0.3) is 0 Å². The molecule has 0 amide bonds. The van der Waals surface area contributed by atoms with E-state index >= 15 is 0 Å². The quantitative estimate of drug-likeness (QED) is 0.786. The van der Waals surface area contributed by atoms with E-state index < -0.39 is 0 Å². The third-order valence-corrected chi connectivity index (χ3v) is 3.45. The molecule has 0 radical (unpaired) electrons. The molecule has 0 saturated carbocycles.